The zero-order valence-electron chi connectivity index (χ0n) is 8.74. The van der Waals surface area contributed by atoms with E-state index in [0.717, 1.165) is 0 Å². The fraction of sp³-hybridized carbons (Fsp3) is 0.0833. The Morgan fingerprint density at radius 1 is 1.06 bits per heavy atom. The molecule has 0 radical (unpaired) electrons. The SMILES string of the molecule is [Ba+2].[O-]c1ccccc1-c1cccc(CF)[nH+]1. The molecule has 0 aliphatic heterocycles. The molecule has 1 aromatic carbocycles. The van der Waals surface area contributed by atoms with Crippen LogP contribution >= 0.6 is 0 Å². The third-order valence-electron chi connectivity index (χ3n) is 2.18. The Hall–Kier alpha value is -0.329. The molecule has 0 amide bonds. The maximum absolute atomic E-state index is 12.4. The number of aromatic nitrogens is 1. The van der Waals surface area contributed by atoms with Crippen molar-refractivity contribution < 1.29 is 14.5 Å². The Bertz CT molecular complexity index is 476. The van der Waals surface area contributed by atoms with Crippen molar-refractivity contribution in [3.05, 3.63) is 48.2 Å². The molecule has 1 heterocycles. The van der Waals surface area contributed by atoms with E-state index in [-0.39, 0.29) is 54.6 Å². The number of halogens is 1. The Morgan fingerprint density at radius 2 is 1.81 bits per heavy atom. The summed E-state index contributed by atoms with van der Waals surface area (Å²) < 4.78 is 12.4. The summed E-state index contributed by atoms with van der Waals surface area (Å²) in [5.41, 5.74) is 1.68. The summed E-state index contributed by atoms with van der Waals surface area (Å²) in [6.45, 7) is -0.561. The molecule has 0 saturated heterocycles. The van der Waals surface area contributed by atoms with Gasteiger partial charge in [0.05, 0.1) is 0 Å². The molecule has 2 aromatic rings. The van der Waals surface area contributed by atoms with E-state index in [2.05, 4.69) is 4.98 Å². The summed E-state index contributed by atoms with van der Waals surface area (Å²) in [7, 11) is 0. The van der Waals surface area contributed by atoms with Crippen LogP contribution in [-0.2, 0) is 6.67 Å². The van der Waals surface area contributed by atoms with Gasteiger partial charge in [0.25, 0.3) is 0 Å². The van der Waals surface area contributed by atoms with E-state index in [1.54, 1.807) is 36.4 Å². The third kappa shape index (κ3) is 3.09. The van der Waals surface area contributed by atoms with E-state index in [9.17, 15) is 9.50 Å². The molecule has 0 atom stereocenters. The van der Waals surface area contributed by atoms with Crippen molar-refractivity contribution in [1.82, 2.24) is 0 Å². The predicted octanol–water partition coefficient (Wildman–Crippen LogP) is 1.33. The summed E-state index contributed by atoms with van der Waals surface area (Å²) in [6.07, 6.45) is 0. The molecule has 2 nitrogen and oxygen atoms in total. The maximum Gasteiger partial charge on any atom is 2.00 e. The van der Waals surface area contributed by atoms with Crippen LogP contribution in [0.2, 0.25) is 0 Å². The van der Waals surface area contributed by atoms with Crippen molar-refractivity contribution in [3.63, 3.8) is 0 Å². The zero-order chi connectivity index (χ0) is 10.7. The zero-order valence-corrected chi connectivity index (χ0v) is 13.2. The molecule has 2 rings (SSSR count). The van der Waals surface area contributed by atoms with Crippen LogP contribution in [0, 0.1) is 0 Å². The predicted molar refractivity (Wildman–Crippen MR) is 58.4 cm³/mol. The first-order valence-electron chi connectivity index (χ1n) is 4.65. The molecule has 1 N–H and O–H groups in total. The van der Waals surface area contributed by atoms with Crippen LogP contribution in [0.5, 0.6) is 5.75 Å². The Kier molecular flexibility index (Phi) is 5.51. The largest absolute Gasteiger partial charge is 2.00 e. The van der Waals surface area contributed by atoms with Crippen molar-refractivity contribution in [2.24, 2.45) is 0 Å². The molecule has 16 heavy (non-hydrogen) atoms. The number of pyridine rings is 1. The molecule has 4 heteroatoms. The molecule has 0 aliphatic carbocycles. The molecule has 0 unspecified atom stereocenters. The van der Waals surface area contributed by atoms with E-state index in [0.29, 0.717) is 17.0 Å². The standard InChI is InChI=1S/C12H10FNO.Ba/c13-8-9-4-3-6-11(14-9)10-5-1-2-7-12(10)15;/h1-7,15H,8H2;/q;+2. The number of rotatable bonds is 2. The molecule has 0 bridgehead atoms. The molecular formula is C12H10BaFNO+2. The van der Waals surface area contributed by atoms with Crippen LogP contribution in [-0.4, -0.2) is 48.9 Å². The van der Waals surface area contributed by atoms with Gasteiger partial charge >= 0.3 is 48.9 Å². The molecule has 76 valence electrons. The fourth-order valence-corrected chi connectivity index (χ4v) is 1.44. The third-order valence-corrected chi connectivity index (χ3v) is 2.18. The Labute approximate surface area is 134 Å². The summed E-state index contributed by atoms with van der Waals surface area (Å²) in [5.74, 6) is -0.0650. The summed E-state index contributed by atoms with van der Waals surface area (Å²) in [6, 6.07) is 11.8. The monoisotopic (exact) mass is 341 g/mol. The molecule has 1 aromatic heterocycles. The van der Waals surface area contributed by atoms with E-state index >= 15 is 0 Å². The molecule has 0 fully saturated rings. The van der Waals surface area contributed by atoms with Crippen molar-refractivity contribution >= 4 is 48.9 Å². The number of hydrogen-bond acceptors (Lipinski definition) is 1. The Balaban J connectivity index is 0.00000128. The topological polar surface area (TPSA) is 37.2 Å². The quantitative estimate of drug-likeness (QED) is 0.760. The average Bonchev–Trinajstić information content (AvgIpc) is 2.30. The number of H-pyrrole nitrogens is 1. The minimum Gasteiger partial charge on any atom is -0.872 e. The normalized spacial score (nSPS) is 9.56. The maximum atomic E-state index is 12.4. The van der Waals surface area contributed by atoms with Gasteiger partial charge in [-0.3, -0.25) is 0 Å². The molecule has 0 spiro atoms. The van der Waals surface area contributed by atoms with Crippen molar-refractivity contribution in [3.8, 4) is 17.0 Å². The van der Waals surface area contributed by atoms with Crippen molar-refractivity contribution in [2.45, 2.75) is 6.67 Å². The first-order valence-corrected chi connectivity index (χ1v) is 4.65. The number of hydrogen-bond donors (Lipinski definition) is 0. The van der Waals surface area contributed by atoms with Crippen LogP contribution in [0.4, 0.5) is 4.39 Å². The van der Waals surface area contributed by atoms with Gasteiger partial charge in [-0.15, -0.1) is 0 Å². The second kappa shape index (κ2) is 6.42. The van der Waals surface area contributed by atoms with Crippen LogP contribution in [0.3, 0.4) is 0 Å². The molecule has 0 aliphatic rings. The Morgan fingerprint density at radius 3 is 2.50 bits per heavy atom. The van der Waals surface area contributed by atoms with Gasteiger partial charge in [-0.2, -0.15) is 0 Å². The van der Waals surface area contributed by atoms with Gasteiger partial charge in [0.2, 0.25) is 11.4 Å². The van der Waals surface area contributed by atoms with Crippen LogP contribution in [0.15, 0.2) is 42.5 Å². The van der Waals surface area contributed by atoms with Crippen LogP contribution in [0.1, 0.15) is 5.69 Å². The van der Waals surface area contributed by atoms with Gasteiger partial charge < -0.3 is 5.11 Å². The first-order chi connectivity index (χ1) is 7.31. The van der Waals surface area contributed by atoms with Crippen LogP contribution < -0.4 is 10.1 Å². The van der Waals surface area contributed by atoms with Crippen molar-refractivity contribution in [1.29, 1.82) is 0 Å². The number of para-hydroxylation sites is 1. The minimum absolute atomic E-state index is 0. The average molecular weight is 341 g/mol. The number of nitrogens with one attached hydrogen (secondary N) is 1. The van der Waals surface area contributed by atoms with Gasteiger partial charge in [-0.05, 0) is 12.1 Å². The first kappa shape index (κ1) is 13.7. The number of aromatic amines is 1. The van der Waals surface area contributed by atoms with E-state index in [4.69, 9.17) is 0 Å². The second-order valence-corrected chi connectivity index (χ2v) is 3.22. The summed E-state index contributed by atoms with van der Waals surface area (Å²) >= 11 is 0. The molecule has 0 saturated carbocycles. The number of alkyl halides is 1. The smallest absolute Gasteiger partial charge is 0.872 e. The van der Waals surface area contributed by atoms with E-state index in [1.165, 1.54) is 6.07 Å². The second-order valence-electron chi connectivity index (χ2n) is 3.22. The summed E-state index contributed by atoms with van der Waals surface area (Å²) in [4.78, 5) is 2.88. The number of benzene rings is 1. The van der Waals surface area contributed by atoms with Gasteiger partial charge in [-0.25, -0.2) is 9.37 Å². The fourth-order valence-electron chi connectivity index (χ4n) is 1.44. The van der Waals surface area contributed by atoms with Crippen LogP contribution in [0.25, 0.3) is 11.3 Å². The summed E-state index contributed by atoms with van der Waals surface area (Å²) in [5, 5.41) is 11.5. The van der Waals surface area contributed by atoms with Gasteiger partial charge in [0.1, 0.15) is 0 Å². The van der Waals surface area contributed by atoms with E-state index < -0.39 is 6.67 Å². The van der Waals surface area contributed by atoms with Gasteiger partial charge in [-0.1, -0.05) is 23.9 Å². The van der Waals surface area contributed by atoms with Crippen molar-refractivity contribution in [2.75, 3.05) is 0 Å². The van der Waals surface area contributed by atoms with Gasteiger partial charge in [0.15, 0.2) is 6.67 Å². The van der Waals surface area contributed by atoms with Gasteiger partial charge in [0, 0.05) is 17.7 Å². The minimum atomic E-state index is -0.561. The van der Waals surface area contributed by atoms with E-state index in [1.807, 2.05) is 0 Å². The molecular weight excluding hydrogens is 330 g/mol.